The largest absolute Gasteiger partial charge is 0.490 e. The maximum Gasteiger partial charge on any atom is 0.257 e. The number of rotatable bonds is 8. The Hall–Kier alpha value is -3.78. The Bertz CT molecular complexity index is 1240. The second-order valence-electron chi connectivity index (χ2n) is 7.13. The Morgan fingerprint density at radius 1 is 1.09 bits per heavy atom. The van der Waals surface area contributed by atoms with Crippen LogP contribution in [0.25, 0.3) is 11.3 Å². The van der Waals surface area contributed by atoms with Gasteiger partial charge in [0.25, 0.3) is 5.91 Å². The van der Waals surface area contributed by atoms with Crippen LogP contribution in [-0.4, -0.2) is 22.5 Å². The molecule has 2 heterocycles. The third kappa shape index (κ3) is 5.53. The number of hydrogen-bond acceptors (Lipinski definition) is 6. The SMILES string of the molecule is CCOc1cc(C(=O)Nc2nc(-c3ccc(F)cc3)c(C)s2)ccc1OCc1cccnc1. The van der Waals surface area contributed by atoms with Crippen molar-refractivity contribution in [3.8, 4) is 22.8 Å². The average Bonchev–Trinajstić information content (AvgIpc) is 3.19. The van der Waals surface area contributed by atoms with Crippen LogP contribution >= 0.6 is 11.3 Å². The first-order valence-corrected chi connectivity index (χ1v) is 11.2. The zero-order valence-corrected chi connectivity index (χ0v) is 19.0. The zero-order chi connectivity index (χ0) is 23.2. The lowest BCUT2D eigenvalue weighted by molar-refractivity contribution is 0.102. The van der Waals surface area contributed by atoms with Crippen molar-refractivity contribution in [1.82, 2.24) is 9.97 Å². The minimum Gasteiger partial charge on any atom is -0.490 e. The smallest absolute Gasteiger partial charge is 0.257 e. The van der Waals surface area contributed by atoms with E-state index in [1.165, 1.54) is 23.5 Å². The predicted octanol–water partition coefficient (Wildman–Crippen LogP) is 5.88. The number of halogens is 1. The summed E-state index contributed by atoms with van der Waals surface area (Å²) in [5.74, 6) is 0.407. The number of aromatic nitrogens is 2. The van der Waals surface area contributed by atoms with E-state index < -0.39 is 0 Å². The molecule has 0 fully saturated rings. The number of anilines is 1. The van der Waals surface area contributed by atoms with Crippen LogP contribution in [0.2, 0.25) is 0 Å². The molecular weight excluding hydrogens is 441 g/mol. The second kappa shape index (κ2) is 10.2. The maximum atomic E-state index is 13.2. The van der Waals surface area contributed by atoms with Gasteiger partial charge < -0.3 is 9.47 Å². The first-order valence-electron chi connectivity index (χ1n) is 10.4. The van der Waals surface area contributed by atoms with E-state index in [-0.39, 0.29) is 11.7 Å². The Labute approximate surface area is 195 Å². The first-order chi connectivity index (χ1) is 16.0. The predicted molar refractivity (Wildman–Crippen MR) is 126 cm³/mol. The number of nitrogens with one attached hydrogen (secondary N) is 1. The molecule has 2 aromatic heterocycles. The Kier molecular flexibility index (Phi) is 6.95. The maximum absolute atomic E-state index is 13.2. The van der Waals surface area contributed by atoms with Crippen LogP contribution in [0.3, 0.4) is 0 Å². The van der Waals surface area contributed by atoms with Crippen LogP contribution in [-0.2, 0) is 6.61 Å². The topological polar surface area (TPSA) is 73.3 Å². The number of amides is 1. The van der Waals surface area contributed by atoms with Crippen molar-refractivity contribution in [2.24, 2.45) is 0 Å². The highest BCUT2D eigenvalue weighted by atomic mass is 32.1. The van der Waals surface area contributed by atoms with Gasteiger partial charge in [-0.25, -0.2) is 9.37 Å². The zero-order valence-electron chi connectivity index (χ0n) is 18.2. The first kappa shape index (κ1) is 22.4. The molecule has 6 nitrogen and oxygen atoms in total. The molecule has 0 spiro atoms. The highest BCUT2D eigenvalue weighted by molar-refractivity contribution is 7.16. The molecule has 1 amide bonds. The molecule has 4 rings (SSSR count). The number of benzene rings is 2. The molecular formula is C25H22FN3O3S. The fourth-order valence-corrected chi connectivity index (χ4v) is 4.01. The van der Waals surface area contributed by atoms with E-state index in [9.17, 15) is 9.18 Å². The van der Waals surface area contributed by atoms with E-state index in [1.807, 2.05) is 26.0 Å². The van der Waals surface area contributed by atoms with Gasteiger partial charge in [-0.15, -0.1) is 11.3 Å². The molecule has 0 aliphatic heterocycles. The van der Waals surface area contributed by atoms with Crippen LogP contribution in [0.4, 0.5) is 9.52 Å². The lowest BCUT2D eigenvalue weighted by Crippen LogP contribution is -2.12. The van der Waals surface area contributed by atoms with E-state index in [4.69, 9.17) is 9.47 Å². The van der Waals surface area contributed by atoms with Crippen molar-refractivity contribution in [3.05, 3.63) is 88.8 Å². The number of hydrogen-bond donors (Lipinski definition) is 1. The summed E-state index contributed by atoms with van der Waals surface area (Å²) in [4.78, 5) is 22.4. The summed E-state index contributed by atoms with van der Waals surface area (Å²) in [5, 5.41) is 3.30. The van der Waals surface area contributed by atoms with Gasteiger partial charge in [-0.3, -0.25) is 15.1 Å². The van der Waals surface area contributed by atoms with Gasteiger partial charge >= 0.3 is 0 Å². The molecule has 33 heavy (non-hydrogen) atoms. The molecule has 0 saturated carbocycles. The van der Waals surface area contributed by atoms with Crippen molar-refractivity contribution < 1.29 is 18.7 Å². The highest BCUT2D eigenvalue weighted by Gasteiger charge is 2.16. The monoisotopic (exact) mass is 463 g/mol. The number of nitrogens with zero attached hydrogens (tertiary/aromatic N) is 2. The number of carbonyl (C=O) groups excluding carboxylic acids is 1. The van der Waals surface area contributed by atoms with E-state index >= 15 is 0 Å². The summed E-state index contributed by atoms with van der Waals surface area (Å²) in [6.45, 7) is 4.55. The molecule has 168 valence electrons. The average molecular weight is 464 g/mol. The van der Waals surface area contributed by atoms with Crippen LogP contribution in [0.15, 0.2) is 67.0 Å². The highest BCUT2D eigenvalue weighted by Crippen LogP contribution is 2.32. The van der Waals surface area contributed by atoms with Crippen molar-refractivity contribution in [3.63, 3.8) is 0 Å². The third-order valence-corrected chi connectivity index (χ3v) is 5.64. The van der Waals surface area contributed by atoms with Gasteiger partial charge in [0.1, 0.15) is 12.4 Å². The number of thiazole rings is 1. The van der Waals surface area contributed by atoms with Crippen LogP contribution in [0.1, 0.15) is 27.7 Å². The minimum atomic E-state index is -0.311. The summed E-state index contributed by atoms with van der Waals surface area (Å²) >= 11 is 1.36. The quantitative estimate of drug-likeness (QED) is 0.353. The normalized spacial score (nSPS) is 10.6. The van der Waals surface area contributed by atoms with Gasteiger partial charge in [-0.1, -0.05) is 6.07 Å². The lowest BCUT2D eigenvalue weighted by atomic mass is 10.1. The molecule has 0 radical (unpaired) electrons. The number of aryl methyl sites for hydroxylation is 1. The van der Waals surface area contributed by atoms with Crippen molar-refractivity contribution in [2.75, 3.05) is 11.9 Å². The van der Waals surface area contributed by atoms with Gasteiger partial charge in [0, 0.05) is 34.0 Å². The van der Waals surface area contributed by atoms with E-state index in [0.29, 0.717) is 41.1 Å². The van der Waals surface area contributed by atoms with Crippen molar-refractivity contribution in [2.45, 2.75) is 20.5 Å². The summed E-state index contributed by atoms with van der Waals surface area (Å²) < 4.78 is 24.8. The molecule has 0 atom stereocenters. The summed E-state index contributed by atoms with van der Waals surface area (Å²) in [5.41, 5.74) is 2.85. The Morgan fingerprint density at radius 2 is 1.91 bits per heavy atom. The molecule has 4 aromatic rings. The van der Waals surface area contributed by atoms with Crippen molar-refractivity contribution >= 4 is 22.4 Å². The Morgan fingerprint density at radius 3 is 2.64 bits per heavy atom. The number of carbonyl (C=O) groups is 1. The fourth-order valence-electron chi connectivity index (χ4n) is 3.18. The molecule has 8 heteroatoms. The van der Waals surface area contributed by atoms with Crippen LogP contribution in [0, 0.1) is 12.7 Å². The summed E-state index contributed by atoms with van der Waals surface area (Å²) in [6, 6.07) is 14.9. The molecule has 0 aliphatic rings. The third-order valence-electron chi connectivity index (χ3n) is 4.76. The van der Waals surface area contributed by atoms with Gasteiger partial charge in [0.2, 0.25) is 0 Å². The fraction of sp³-hybridized carbons (Fsp3) is 0.160. The van der Waals surface area contributed by atoms with E-state index in [1.54, 1.807) is 42.7 Å². The molecule has 0 bridgehead atoms. The molecule has 0 saturated heterocycles. The van der Waals surface area contributed by atoms with Gasteiger partial charge in [0.15, 0.2) is 16.6 Å². The molecule has 1 N–H and O–H groups in total. The van der Waals surface area contributed by atoms with Crippen molar-refractivity contribution in [1.29, 1.82) is 0 Å². The van der Waals surface area contributed by atoms with E-state index in [2.05, 4.69) is 15.3 Å². The standard InChI is InChI=1S/C25H22FN3O3S/c1-3-31-22-13-19(8-11-21(22)32-15-17-5-4-12-27-14-17)24(30)29-25-28-23(16(2)33-25)18-6-9-20(26)10-7-18/h4-14H,3,15H2,1-2H3,(H,28,29,30). The lowest BCUT2D eigenvalue weighted by Gasteiger charge is -2.13. The van der Waals surface area contributed by atoms with Gasteiger partial charge in [0.05, 0.1) is 12.3 Å². The molecule has 0 aliphatic carbocycles. The van der Waals surface area contributed by atoms with Crippen LogP contribution < -0.4 is 14.8 Å². The number of ether oxygens (including phenoxy) is 2. The second-order valence-corrected chi connectivity index (χ2v) is 8.33. The Balaban J connectivity index is 1.49. The minimum absolute atomic E-state index is 0.307. The van der Waals surface area contributed by atoms with Gasteiger partial charge in [-0.05, 0) is 62.4 Å². The summed E-state index contributed by atoms with van der Waals surface area (Å²) in [7, 11) is 0. The van der Waals surface area contributed by atoms with Gasteiger partial charge in [-0.2, -0.15) is 0 Å². The van der Waals surface area contributed by atoms with Crippen LogP contribution in [0.5, 0.6) is 11.5 Å². The molecule has 0 unspecified atom stereocenters. The molecule has 2 aromatic carbocycles. The van der Waals surface area contributed by atoms with E-state index in [0.717, 1.165) is 16.0 Å². The summed E-state index contributed by atoms with van der Waals surface area (Å²) in [6.07, 6.45) is 3.44. The number of pyridine rings is 1.